The van der Waals surface area contributed by atoms with Crippen LogP contribution in [0.5, 0.6) is 0 Å². The van der Waals surface area contributed by atoms with Gasteiger partial charge in [-0.3, -0.25) is 9.59 Å². The highest BCUT2D eigenvalue weighted by molar-refractivity contribution is 7.98. The van der Waals surface area contributed by atoms with E-state index < -0.39 is 5.54 Å². The van der Waals surface area contributed by atoms with Crippen molar-refractivity contribution in [3.8, 4) is 0 Å². The van der Waals surface area contributed by atoms with E-state index >= 15 is 0 Å². The second-order valence-corrected chi connectivity index (χ2v) is 6.94. The minimum absolute atomic E-state index is 0.0286. The number of piperazine rings is 1. The zero-order chi connectivity index (χ0) is 14.8. The highest BCUT2D eigenvalue weighted by atomic mass is 32.2. The summed E-state index contributed by atoms with van der Waals surface area (Å²) in [5.74, 6) is 0.997. The molecule has 1 N–H and O–H groups in total. The van der Waals surface area contributed by atoms with Crippen molar-refractivity contribution in [3.63, 3.8) is 0 Å². The Hall–Kier alpha value is -0.710. The molecule has 0 radical (unpaired) electrons. The Bertz CT molecular complexity index is 355. The maximum atomic E-state index is 12.7. The maximum Gasteiger partial charge on any atom is 0.248 e. The largest absolute Gasteiger partial charge is 0.340 e. The number of carbonyl (C=O) groups excluding carboxylic acids is 2. The van der Waals surface area contributed by atoms with Crippen LogP contribution >= 0.6 is 11.8 Å². The summed E-state index contributed by atoms with van der Waals surface area (Å²) in [6.45, 7) is 9.62. The molecule has 1 rings (SSSR count). The number of amides is 2. The van der Waals surface area contributed by atoms with Crippen molar-refractivity contribution in [3.05, 3.63) is 0 Å². The molecule has 4 nitrogen and oxygen atoms in total. The van der Waals surface area contributed by atoms with Crippen LogP contribution in [0, 0.1) is 5.92 Å². The van der Waals surface area contributed by atoms with Crippen LogP contribution in [0.2, 0.25) is 0 Å². The molecule has 1 fully saturated rings. The molecule has 0 aromatic heterocycles. The van der Waals surface area contributed by atoms with E-state index in [0.717, 1.165) is 12.2 Å². The molecular weight excluding hydrogens is 260 g/mol. The van der Waals surface area contributed by atoms with Gasteiger partial charge in [-0.15, -0.1) is 0 Å². The minimum atomic E-state index is -0.797. The van der Waals surface area contributed by atoms with E-state index in [4.69, 9.17) is 0 Å². The third-order valence-electron chi connectivity index (χ3n) is 3.63. The molecule has 110 valence electrons. The van der Waals surface area contributed by atoms with E-state index in [1.54, 1.807) is 25.6 Å². The summed E-state index contributed by atoms with van der Waals surface area (Å²) in [7, 11) is 0. The molecule has 0 aromatic carbocycles. The molecule has 2 amide bonds. The molecule has 0 bridgehead atoms. The van der Waals surface area contributed by atoms with E-state index in [0.29, 0.717) is 0 Å². The van der Waals surface area contributed by atoms with Crippen LogP contribution in [0.4, 0.5) is 0 Å². The Morgan fingerprint density at radius 1 is 1.37 bits per heavy atom. The van der Waals surface area contributed by atoms with Gasteiger partial charge in [0.25, 0.3) is 0 Å². The SMILES string of the molecule is CCC(CSC)N1C(=O)C(C)(C)NC(=O)C1C(C)C. The Morgan fingerprint density at radius 3 is 2.37 bits per heavy atom. The van der Waals surface area contributed by atoms with Crippen molar-refractivity contribution in [2.75, 3.05) is 12.0 Å². The summed E-state index contributed by atoms with van der Waals surface area (Å²) in [6.07, 6.45) is 2.91. The highest BCUT2D eigenvalue weighted by Crippen LogP contribution is 2.27. The van der Waals surface area contributed by atoms with E-state index in [1.807, 2.05) is 25.0 Å². The van der Waals surface area contributed by atoms with Gasteiger partial charge >= 0.3 is 0 Å². The van der Waals surface area contributed by atoms with Crippen LogP contribution in [-0.4, -0.2) is 46.3 Å². The molecule has 0 saturated carbocycles. The number of rotatable bonds is 5. The van der Waals surface area contributed by atoms with Gasteiger partial charge in [0.2, 0.25) is 11.8 Å². The zero-order valence-corrected chi connectivity index (χ0v) is 13.6. The van der Waals surface area contributed by atoms with Gasteiger partial charge in [0.15, 0.2) is 0 Å². The first-order valence-corrected chi connectivity index (χ1v) is 8.29. The van der Waals surface area contributed by atoms with Gasteiger partial charge in [-0.1, -0.05) is 20.8 Å². The molecular formula is C14H26N2O2S. The highest BCUT2D eigenvalue weighted by Gasteiger charge is 2.48. The van der Waals surface area contributed by atoms with Gasteiger partial charge in [-0.05, 0) is 32.4 Å². The van der Waals surface area contributed by atoms with Gasteiger partial charge < -0.3 is 10.2 Å². The topological polar surface area (TPSA) is 49.4 Å². The van der Waals surface area contributed by atoms with Gasteiger partial charge in [0, 0.05) is 11.8 Å². The molecule has 1 aliphatic heterocycles. The molecule has 0 aliphatic carbocycles. The van der Waals surface area contributed by atoms with E-state index in [2.05, 4.69) is 12.2 Å². The first kappa shape index (κ1) is 16.3. The Balaban J connectivity index is 3.15. The Kier molecular flexibility index (Phi) is 5.30. The van der Waals surface area contributed by atoms with Gasteiger partial charge in [0.05, 0.1) is 0 Å². The lowest BCUT2D eigenvalue weighted by atomic mass is 9.90. The minimum Gasteiger partial charge on any atom is -0.340 e. The number of nitrogens with zero attached hydrogens (tertiary/aromatic N) is 1. The fourth-order valence-electron chi connectivity index (χ4n) is 2.61. The third-order valence-corrected chi connectivity index (χ3v) is 4.35. The zero-order valence-electron chi connectivity index (χ0n) is 12.8. The number of carbonyl (C=O) groups is 2. The second kappa shape index (κ2) is 6.16. The van der Waals surface area contributed by atoms with Crippen molar-refractivity contribution >= 4 is 23.6 Å². The summed E-state index contributed by atoms with van der Waals surface area (Å²) in [6, 6.07) is -0.224. The van der Waals surface area contributed by atoms with Crippen molar-refractivity contribution in [1.82, 2.24) is 10.2 Å². The van der Waals surface area contributed by atoms with Gasteiger partial charge in [-0.25, -0.2) is 0 Å². The van der Waals surface area contributed by atoms with Crippen LogP contribution in [-0.2, 0) is 9.59 Å². The predicted octanol–water partition coefficient (Wildman–Crippen LogP) is 1.89. The summed E-state index contributed by atoms with van der Waals surface area (Å²) in [5.41, 5.74) is -0.797. The molecule has 2 atom stereocenters. The third kappa shape index (κ3) is 3.25. The fourth-order valence-corrected chi connectivity index (χ4v) is 3.40. The summed E-state index contributed by atoms with van der Waals surface area (Å²) in [4.78, 5) is 26.8. The standard InChI is InChI=1S/C14H26N2O2S/c1-7-10(8-19-6)16-11(9(2)3)12(17)15-14(4,5)13(16)18/h9-11H,7-8H2,1-6H3,(H,15,17). The van der Waals surface area contributed by atoms with E-state index in [-0.39, 0.29) is 29.8 Å². The molecule has 19 heavy (non-hydrogen) atoms. The van der Waals surface area contributed by atoms with Crippen LogP contribution in [0.3, 0.4) is 0 Å². The molecule has 2 unspecified atom stereocenters. The quantitative estimate of drug-likeness (QED) is 0.839. The van der Waals surface area contributed by atoms with Crippen LogP contribution in [0.1, 0.15) is 41.0 Å². The Labute approximate surface area is 120 Å². The number of hydrogen-bond donors (Lipinski definition) is 1. The molecule has 0 aromatic rings. The predicted molar refractivity (Wildman–Crippen MR) is 80.2 cm³/mol. The van der Waals surface area contributed by atoms with Crippen LogP contribution < -0.4 is 5.32 Å². The first-order valence-electron chi connectivity index (χ1n) is 6.90. The van der Waals surface area contributed by atoms with Gasteiger partial charge in [-0.2, -0.15) is 11.8 Å². The number of nitrogens with one attached hydrogen (secondary N) is 1. The lowest BCUT2D eigenvalue weighted by Crippen LogP contribution is -2.71. The van der Waals surface area contributed by atoms with Crippen molar-refractivity contribution in [2.45, 2.75) is 58.7 Å². The molecule has 1 heterocycles. The first-order chi connectivity index (χ1) is 8.76. The fraction of sp³-hybridized carbons (Fsp3) is 0.857. The average Bonchev–Trinajstić information content (AvgIpc) is 2.29. The molecule has 1 saturated heterocycles. The van der Waals surface area contributed by atoms with Crippen LogP contribution in [0.15, 0.2) is 0 Å². The smallest absolute Gasteiger partial charge is 0.248 e. The van der Waals surface area contributed by atoms with Crippen molar-refractivity contribution in [2.24, 2.45) is 5.92 Å². The number of thioether (sulfide) groups is 1. The second-order valence-electron chi connectivity index (χ2n) is 6.03. The molecule has 0 spiro atoms. The maximum absolute atomic E-state index is 12.7. The lowest BCUT2D eigenvalue weighted by molar-refractivity contribution is -0.158. The number of hydrogen-bond acceptors (Lipinski definition) is 3. The van der Waals surface area contributed by atoms with Crippen LogP contribution in [0.25, 0.3) is 0 Å². The van der Waals surface area contributed by atoms with Crippen molar-refractivity contribution < 1.29 is 9.59 Å². The molecule has 1 aliphatic rings. The van der Waals surface area contributed by atoms with E-state index in [9.17, 15) is 9.59 Å². The normalized spacial score (nSPS) is 24.6. The Morgan fingerprint density at radius 2 is 1.95 bits per heavy atom. The van der Waals surface area contributed by atoms with E-state index in [1.165, 1.54) is 0 Å². The average molecular weight is 286 g/mol. The van der Waals surface area contributed by atoms with Gasteiger partial charge in [0.1, 0.15) is 11.6 Å². The van der Waals surface area contributed by atoms with Crippen molar-refractivity contribution in [1.29, 1.82) is 0 Å². The monoisotopic (exact) mass is 286 g/mol. The molecule has 5 heteroatoms. The summed E-state index contributed by atoms with van der Waals surface area (Å²) < 4.78 is 0. The summed E-state index contributed by atoms with van der Waals surface area (Å²) >= 11 is 1.72. The lowest BCUT2D eigenvalue weighted by Gasteiger charge is -2.47. The summed E-state index contributed by atoms with van der Waals surface area (Å²) in [5, 5.41) is 2.85.